The van der Waals surface area contributed by atoms with Gasteiger partial charge in [-0.3, -0.25) is 0 Å². The van der Waals surface area contributed by atoms with Crippen LogP contribution in [0.2, 0.25) is 0 Å². The average Bonchev–Trinajstić information content (AvgIpc) is 2.36. The van der Waals surface area contributed by atoms with Crippen LogP contribution in [0, 0.1) is 6.92 Å². The Kier molecular flexibility index (Phi) is 3.33. The zero-order valence-corrected chi connectivity index (χ0v) is 10.4. The van der Waals surface area contributed by atoms with Crippen molar-refractivity contribution in [3.8, 4) is 0 Å². The predicted octanol–water partition coefficient (Wildman–Crippen LogP) is 3.21. The van der Waals surface area contributed by atoms with Crippen LogP contribution in [-0.4, -0.2) is 7.05 Å². The molecule has 0 atom stereocenters. The van der Waals surface area contributed by atoms with E-state index >= 15 is 0 Å². The molecule has 0 amide bonds. The highest BCUT2D eigenvalue weighted by Gasteiger charge is 2.05. The van der Waals surface area contributed by atoms with Crippen molar-refractivity contribution < 1.29 is 0 Å². The minimum atomic E-state index is 0.865. The first-order valence-corrected chi connectivity index (χ1v) is 5.78. The summed E-state index contributed by atoms with van der Waals surface area (Å²) in [5, 5.41) is 0. The maximum absolute atomic E-state index is 5.92. The Hall–Kier alpha value is -1.96. The van der Waals surface area contributed by atoms with Crippen LogP contribution in [0.3, 0.4) is 0 Å². The van der Waals surface area contributed by atoms with Crippen LogP contribution in [0.1, 0.15) is 11.1 Å². The van der Waals surface area contributed by atoms with Gasteiger partial charge in [-0.05, 0) is 36.2 Å². The first kappa shape index (κ1) is 11.5. The summed E-state index contributed by atoms with van der Waals surface area (Å²) in [7, 11) is 2.10. The summed E-state index contributed by atoms with van der Waals surface area (Å²) in [5.74, 6) is 0. The molecule has 2 rings (SSSR count). The Balaban J connectivity index is 2.19. The fraction of sp³-hybridized carbons (Fsp3) is 0.200. The molecule has 0 saturated carbocycles. The third-order valence-corrected chi connectivity index (χ3v) is 3.09. The van der Waals surface area contributed by atoms with E-state index in [0.29, 0.717) is 0 Å². The second-order valence-corrected chi connectivity index (χ2v) is 4.32. The lowest BCUT2D eigenvalue weighted by Gasteiger charge is -2.20. The van der Waals surface area contributed by atoms with E-state index in [1.807, 2.05) is 18.2 Å². The van der Waals surface area contributed by atoms with Gasteiger partial charge < -0.3 is 10.6 Å². The fourth-order valence-electron chi connectivity index (χ4n) is 1.90. The molecule has 2 aromatic carbocycles. The first-order valence-electron chi connectivity index (χ1n) is 5.78. The number of nitrogens with zero attached hydrogens (tertiary/aromatic N) is 1. The lowest BCUT2D eigenvalue weighted by molar-refractivity contribution is 0.915. The second kappa shape index (κ2) is 4.91. The van der Waals surface area contributed by atoms with Crippen molar-refractivity contribution in [1.29, 1.82) is 0 Å². The number of rotatable bonds is 3. The van der Waals surface area contributed by atoms with Gasteiger partial charge in [0.05, 0.1) is 0 Å². The molecule has 0 unspecified atom stereocenters. The zero-order valence-electron chi connectivity index (χ0n) is 10.4. The van der Waals surface area contributed by atoms with Gasteiger partial charge in [-0.1, -0.05) is 30.3 Å². The minimum absolute atomic E-state index is 0.865. The number of para-hydroxylation sites is 1. The van der Waals surface area contributed by atoms with Crippen molar-refractivity contribution in [2.45, 2.75) is 13.5 Å². The van der Waals surface area contributed by atoms with Crippen molar-refractivity contribution in [1.82, 2.24) is 0 Å². The Bertz CT molecular complexity index is 492. The molecule has 2 N–H and O–H groups in total. The van der Waals surface area contributed by atoms with E-state index < -0.39 is 0 Å². The molecular formula is C15H18N2. The summed E-state index contributed by atoms with van der Waals surface area (Å²) in [6, 6.07) is 16.4. The van der Waals surface area contributed by atoms with Gasteiger partial charge in [0.25, 0.3) is 0 Å². The number of anilines is 2. The molecule has 0 aliphatic heterocycles. The van der Waals surface area contributed by atoms with Gasteiger partial charge in [0, 0.05) is 25.0 Å². The molecular weight excluding hydrogens is 208 g/mol. The van der Waals surface area contributed by atoms with Crippen molar-refractivity contribution in [2.24, 2.45) is 0 Å². The lowest BCUT2D eigenvalue weighted by Crippen LogP contribution is -2.17. The second-order valence-electron chi connectivity index (χ2n) is 4.32. The quantitative estimate of drug-likeness (QED) is 0.814. The molecule has 0 bridgehead atoms. The van der Waals surface area contributed by atoms with Crippen molar-refractivity contribution in [2.75, 3.05) is 17.7 Å². The highest BCUT2D eigenvalue weighted by Crippen LogP contribution is 2.20. The molecule has 0 spiro atoms. The third kappa shape index (κ3) is 2.59. The monoisotopic (exact) mass is 226 g/mol. The number of benzene rings is 2. The van der Waals surface area contributed by atoms with E-state index in [1.165, 1.54) is 16.8 Å². The molecule has 0 fully saturated rings. The van der Waals surface area contributed by atoms with Crippen molar-refractivity contribution in [3.05, 3.63) is 59.7 Å². The number of nitrogens with two attached hydrogens (primary N) is 1. The number of hydrogen-bond acceptors (Lipinski definition) is 2. The van der Waals surface area contributed by atoms with E-state index in [4.69, 9.17) is 5.73 Å². The van der Waals surface area contributed by atoms with E-state index in [9.17, 15) is 0 Å². The molecule has 0 radical (unpaired) electrons. The van der Waals surface area contributed by atoms with Gasteiger partial charge >= 0.3 is 0 Å². The molecule has 17 heavy (non-hydrogen) atoms. The minimum Gasteiger partial charge on any atom is -0.399 e. The smallest absolute Gasteiger partial charge is 0.0429 e. The molecule has 88 valence electrons. The highest BCUT2D eigenvalue weighted by atomic mass is 15.1. The largest absolute Gasteiger partial charge is 0.399 e. The van der Waals surface area contributed by atoms with Crippen LogP contribution in [0.5, 0.6) is 0 Å². The fourth-order valence-corrected chi connectivity index (χ4v) is 1.90. The molecule has 2 aromatic rings. The van der Waals surface area contributed by atoms with Crippen LogP contribution >= 0.6 is 0 Å². The average molecular weight is 226 g/mol. The summed E-state index contributed by atoms with van der Waals surface area (Å²) in [4.78, 5) is 2.22. The molecule has 0 aliphatic rings. The maximum Gasteiger partial charge on any atom is 0.0429 e. The van der Waals surface area contributed by atoms with Crippen LogP contribution < -0.4 is 10.6 Å². The summed E-state index contributed by atoms with van der Waals surface area (Å²) in [6.45, 7) is 2.95. The molecule has 0 saturated heterocycles. The third-order valence-electron chi connectivity index (χ3n) is 3.09. The summed E-state index contributed by atoms with van der Waals surface area (Å²) in [5.41, 5.74) is 10.4. The van der Waals surface area contributed by atoms with Gasteiger partial charge in [-0.15, -0.1) is 0 Å². The van der Waals surface area contributed by atoms with E-state index in [0.717, 1.165) is 12.2 Å². The van der Waals surface area contributed by atoms with Crippen LogP contribution in [0.4, 0.5) is 11.4 Å². The van der Waals surface area contributed by atoms with Crippen molar-refractivity contribution >= 4 is 11.4 Å². The van der Waals surface area contributed by atoms with Crippen LogP contribution in [0.15, 0.2) is 48.5 Å². The van der Waals surface area contributed by atoms with Crippen LogP contribution in [-0.2, 0) is 6.54 Å². The molecule has 2 nitrogen and oxygen atoms in total. The summed E-state index contributed by atoms with van der Waals surface area (Å²) in [6.07, 6.45) is 0. The summed E-state index contributed by atoms with van der Waals surface area (Å²) < 4.78 is 0. The molecule has 0 aliphatic carbocycles. The lowest BCUT2D eigenvalue weighted by atomic mass is 10.1. The van der Waals surface area contributed by atoms with E-state index in [-0.39, 0.29) is 0 Å². The van der Waals surface area contributed by atoms with E-state index in [2.05, 4.69) is 49.2 Å². The van der Waals surface area contributed by atoms with Gasteiger partial charge in [0.1, 0.15) is 0 Å². The van der Waals surface area contributed by atoms with Crippen LogP contribution in [0.25, 0.3) is 0 Å². The number of nitrogen functional groups attached to an aromatic ring is 1. The van der Waals surface area contributed by atoms with Gasteiger partial charge in [0.2, 0.25) is 0 Å². The summed E-state index contributed by atoms with van der Waals surface area (Å²) >= 11 is 0. The van der Waals surface area contributed by atoms with Gasteiger partial charge in [-0.25, -0.2) is 0 Å². The Morgan fingerprint density at radius 3 is 2.41 bits per heavy atom. The first-order chi connectivity index (χ1) is 8.18. The topological polar surface area (TPSA) is 29.3 Å². The Morgan fingerprint density at radius 1 is 1.00 bits per heavy atom. The molecule has 0 aromatic heterocycles. The molecule has 2 heteroatoms. The number of hydrogen-bond donors (Lipinski definition) is 1. The van der Waals surface area contributed by atoms with Gasteiger partial charge in [-0.2, -0.15) is 0 Å². The zero-order chi connectivity index (χ0) is 12.3. The highest BCUT2D eigenvalue weighted by molar-refractivity contribution is 5.52. The normalized spacial score (nSPS) is 10.2. The van der Waals surface area contributed by atoms with E-state index in [1.54, 1.807) is 0 Å². The van der Waals surface area contributed by atoms with Gasteiger partial charge in [0.15, 0.2) is 0 Å². The Morgan fingerprint density at radius 2 is 1.71 bits per heavy atom. The standard InChI is InChI=1S/C15H18N2/c1-12-13(7-6-10-15(12)16)11-17(2)14-8-4-3-5-9-14/h3-10H,11,16H2,1-2H3. The maximum atomic E-state index is 5.92. The SMILES string of the molecule is Cc1c(N)cccc1CN(C)c1ccccc1. The Labute approximate surface area is 103 Å². The predicted molar refractivity (Wildman–Crippen MR) is 74.1 cm³/mol. The molecule has 0 heterocycles. The van der Waals surface area contributed by atoms with Crippen molar-refractivity contribution in [3.63, 3.8) is 0 Å².